The van der Waals surface area contributed by atoms with Gasteiger partial charge in [-0.25, -0.2) is 0 Å². The van der Waals surface area contributed by atoms with Gasteiger partial charge in [0.25, 0.3) is 0 Å². The third-order valence-electron chi connectivity index (χ3n) is 2.42. The first-order valence-electron chi connectivity index (χ1n) is 6.70. The van der Waals surface area contributed by atoms with Gasteiger partial charge in [0.05, 0.1) is 1.37 Å². The van der Waals surface area contributed by atoms with Gasteiger partial charge in [-0.3, -0.25) is 0 Å². The average Bonchev–Trinajstić information content (AvgIpc) is 2.35. The first-order valence-corrected chi connectivity index (χ1v) is 6.20. The Hall–Kier alpha value is -0.560. The van der Waals surface area contributed by atoms with Crippen LogP contribution in [-0.4, -0.2) is 20.5 Å². The lowest BCUT2D eigenvalue weighted by Gasteiger charge is -2.11. The second kappa shape index (κ2) is 12.5. The fraction of sp³-hybridized carbons (Fsp3) is 0.786. The summed E-state index contributed by atoms with van der Waals surface area (Å²) in [4.78, 5) is 0. The molecule has 0 aromatic rings. The first kappa shape index (κ1) is 13.5. The maximum Gasteiger partial charge on any atom is 0.156 e. The first-order chi connectivity index (χ1) is 8.24. The van der Waals surface area contributed by atoms with E-state index in [0.717, 1.165) is 44.9 Å². The molecule has 0 saturated carbocycles. The number of hydrogen-bond donors (Lipinski definition) is 0. The fourth-order valence-corrected chi connectivity index (χ4v) is 1.37. The smallest absolute Gasteiger partial charge is 0.156 e. The van der Waals surface area contributed by atoms with Crippen LogP contribution >= 0.6 is 0 Å². The minimum atomic E-state index is -0.0780. The van der Waals surface area contributed by atoms with E-state index >= 15 is 0 Å². The topological polar surface area (TPSA) is 18.5 Å². The summed E-state index contributed by atoms with van der Waals surface area (Å²) in [7, 11) is 3.33. The van der Waals surface area contributed by atoms with Crippen LogP contribution in [0.2, 0.25) is 0 Å². The van der Waals surface area contributed by atoms with Crippen molar-refractivity contribution in [2.45, 2.75) is 58.2 Å². The minimum Gasteiger partial charge on any atom is -0.356 e. The maximum atomic E-state index is 7.62. The van der Waals surface area contributed by atoms with Crippen LogP contribution < -0.4 is 0 Å². The van der Waals surface area contributed by atoms with Crippen molar-refractivity contribution in [3.8, 4) is 0 Å². The fourth-order valence-electron chi connectivity index (χ4n) is 1.37. The molecule has 0 spiro atoms. The van der Waals surface area contributed by atoms with E-state index in [1.807, 2.05) is 6.08 Å². The molecular formula is C14H26O2. The number of allylic oxidation sites excluding steroid dienone is 1. The zero-order valence-electron chi connectivity index (χ0n) is 11.9. The quantitative estimate of drug-likeness (QED) is 0.318. The van der Waals surface area contributed by atoms with Gasteiger partial charge in [0.2, 0.25) is 0 Å². The molecular weight excluding hydrogens is 200 g/mol. The highest BCUT2D eigenvalue weighted by atomic mass is 16.7. The lowest BCUT2D eigenvalue weighted by atomic mass is 10.2. The summed E-state index contributed by atoms with van der Waals surface area (Å²) in [6, 6.07) is 0.624. The molecule has 0 rings (SSSR count). The van der Waals surface area contributed by atoms with E-state index in [1.165, 1.54) is 0 Å². The molecule has 0 aliphatic rings. The summed E-state index contributed by atoms with van der Waals surface area (Å²) in [5.41, 5.74) is 3.03. The Kier molecular flexibility index (Phi) is 10.6. The molecule has 0 aliphatic carbocycles. The third kappa shape index (κ3) is 9.97. The zero-order valence-corrected chi connectivity index (χ0v) is 10.9. The van der Waals surface area contributed by atoms with E-state index in [4.69, 9.17) is 10.8 Å². The summed E-state index contributed by atoms with van der Waals surface area (Å²) < 4.78 is 17.8. The Morgan fingerprint density at radius 3 is 2.56 bits per heavy atom. The van der Waals surface area contributed by atoms with Crippen LogP contribution in [0.25, 0.3) is 0 Å². The maximum absolute atomic E-state index is 7.62. The van der Waals surface area contributed by atoms with Crippen molar-refractivity contribution in [2.75, 3.05) is 14.2 Å². The number of hydrogen-bond acceptors (Lipinski definition) is 2. The van der Waals surface area contributed by atoms with Crippen molar-refractivity contribution in [3.05, 3.63) is 17.9 Å². The zero-order chi connectivity index (χ0) is 12.9. The van der Waals surface area contributed by atoms with Crippen LogP contribution in [0.5, 0.6) is 0 Å². The van der Waals surface area contributed by atoms with Gasteiger partial charge in [-0.05, 0) is 50.7 Å². The van der Waals surface area contributed by atoms with Gasteiger partial charge >= 0.3 is 0 Å². The molecule has 0 aliphatic heterocycles. The van der Waals surface area contributed by atoms with E-state index in [-0.39, 0.29) is 6.29 Å². The molecule has 0 aromatic heterocycles. The van der Waals surface area contributed by atoms with Crippen LogP contribution in [-0.2, 0) is 9.47 Å². The molecule has 0 atom stereocenters. The molecule has 0 N–H and O–H groups in total. The van der Waals surface area contributed by atoms with Gasteiger partial charge in [-0.15, -0.1) is 5.73 Å². The van der Waals surface area contributed by atoms with Crippen molar-refractivity contribution >= 4 is 0 Å². The predicted molar refractivity (Wildman–Crippen MR) is 68.5 cm³/mol. The van der Waals surface area contributed by atoms with Gasteiger partial charge < -0.3 is 9.47 Å². The molecule has 2 heteroatoms. The lowest BCUT2D eigenvalue weighted by molar-refractivity contribution is -0.107. The second-order valence-corrected chi connectivity index (χ2v) is 3.81. The monoisotopic (exact) mass is 227 g/mol. The van der Waals surface area contributed by atoms with Gasteiger partial charge in [0.15, 0.2) is 6.29 Å². The summed E-state index contributed by atoms with van der Waals surface area (Å²) in [6.07, 6.45) is 9.05. The van der Waals surface area contributed by atoms with Crippen LogP contribution in [0, 0.1) is 0 Å². The van der Waals surface area contributed by atoms with E-state index < -0.39 is 0 Å². The van der Waals surface area contributed by atoms with Gasteiger partial charge in [0, 0.05) is 14.2 Å². The molecule has 0 unspecified atom stereocenters. The number of unbranched alkanes of at least 4 members (excludes halogenated alkanes) is 3. The van der Waals surface area contributed by atoms with E-state index in [1.54, 1.807) is 14.2 Å². The summed E-state index contributed by atoms with van der Waals surface area (Å²) in [6.45, 7) is 2.14. The van der Waals surface area contributed by atoms with Crippen molar-refractivity contribution in [3.63, 3.8) is 0 Å². The van der Waals surface area contributed by atoms with Crippen molar-refractivity contribution in [2.24, 2.45) is 0 Å². The molecule has 2 nitrogen and oxygen atoms in total. The van der Waals surface area contributed by atoms with E-state index in [2.05, 4.69) is 12.7 Å². The van der Waals surface area contributed by atoms with Crippen LogP contribution in [0.4, 0.5) is 0 Å². The Balaban J connectivity index is 3.59. The molecule has 0 bridgehead atoms. The summed E-state index contributed by atoms with van der Waals surface area (Å²) in [5, 5.41) is 0. The molecule has 0 fully saturated rings. The number of methoxy groups -OCH3 is 2. The number of rotatable bonds is 10. The summed E-state index contributed by atoms with van der Waals surface area (Å²) in [5.74, 6) is 0. The van der Waals surface area contributed by atoms with Gasteiger partial charge in [-0.2, -0.15) is 0 Å². The Bertz CT molecular complexity index is 228. The van der Waals surface area contributed by atoms with Crippen LogP contribution in [0.1, 0.15) is 53.2 Å². The van der Waals surface area contributed by atoms with Crippen molar-refractivity contribution in [1.82, 2.24) is 0 Å². The highest BCUT2D eigenvalue weighted by Gasteiger charge is 2.02. The Morgan fingerprint density at radius 2 is 1.94 bits per heavy atom. The molecule has 0 amide bonds. The molecule has 0 radical (unpaired) electrons. The lowest BCUT2D eigenvalue weighted by Crippen LogP contribution is -2.12. The van der Waals surface area contributed by atoms with E-state index in [0.29, 0.717) is 6.05 Å². The molecule has 16 heavy (non-hydrogen) atoms. The normalized spacial score (nSPS) is 11.1. The van der Waals surface area contributed by atoms with Crippen LogP contribution in [0.15, 0.2) is 17.9 Å². The Labute approximate surface area is 102 Å². The Morgan fingerprint density at radius 1 is 1.19 bits per heavy atom. The van der Waals surface area contributed by atoms with Gasteiger partial charge in [0.1, 0.15) is 0 Å². The number of ether oxygens (including phenoxy) is 2. The average molecular weight is 227 g/mol. The molecule has 0 saturated heterocycles. The highest BCUT2D eigenvalue weighted by Crippen LogP contribution is 2.06. The molecule has 94 valence electrons. The third-order valence-corrected chi connectivity index (χ3v) is 2.42. The minimum absolute atomic E-state index is 0.0780. The largest absolute Gasteiger partial charge is 0.356 e. The SMILES string of the molecule is [2H]C(=C=CCCCCC(OC)OC)CCCC. The van der Waals surface area contributed by atoms with E-state index in [9.17, 15) is 0 Å². The van der Waals surface area contributed by atoms with Crippen molar-refractivity contribution < 1.29 is 10.8 Å². The van der Waals surface area contributed by atoms with Gasteiger partial charge in [-0.1, -0.05) is 13.3 Å². The molecule has 0 heterocycles. The highest BCUT2D eigenvalue weighted by molar-refractivity contribution is 4.84. The van der Waals surface area contributed by atoms with Crippen LogP contribution in [0.3, 0.4) is 0 Å². The molecule has 0 aromatic carbocycles. The summed E-state index contributed by atoms with van der Waals surface area (Å²) >= 11 is 0. The second-order valence-electron chi connectivity index (χ2n) is 3.81. The standard InChI is InChI=1S/C14H26O2/c1-4-5-6-7-8-9-10-11-12-13-14(15-2)16-3/h7,9,14H,4-6,10-13H2,1-3H3/i7D. The van der Waals surface area contributed by atoms with Crippen molar-refractivity contribution in [1.29, 1.82) is 0 Å². The predicted octanol–water partition coefficient (Wildman–Crippen LogP) is 4.07.